The summed E-state index contributed by atoms with van der Waals surface area (Å²) in [6.45, 7) is 0.972. The number of ether oxygens (including phenoxy) is 1. The Balaban J connectivity index is 0.00000312. The van der Waals surface area contributed by atoms with Crippen molar-refractivity contribution in [3.05, 3.63) is 28.8 Å². The fourth-order valence-corrected chi connectivity index (χ4v) is 2.87. The molecular weight excluding hydrogens is 382 g/mol. The third kappa shape index (κ3) is 5.64. The molecule has 0 spiro atoms. The van der Waals surface area contributed by atoms with Gasteiger partial charge in [-0.15, -0.1) is 12.4 Å². The third-order valence-electron chi connectivity index (χ3n) is 3.85. The fraction of sp³-hybridized carbons (Fsp3) is 0.533. The van der Waals surface area contributed by atoms with Gasteiger partial charge in [0.05, 0.1) is 17.7 Å². The van der Waals surface area contributed by atoms with E-state index in [4.69, 9.17) is 16.3 Å². The third-order valence-corrected chi connectivity index (χ3v) is 4.16. The van der Waals surface area contributed by atoms with Crippen LogP contribution in [0.25, 0.3) is 0 Å². The number of piperazine rings is 1. The summed E-state index contributed by atoms with van der Waals surface area (Å²) in [7, 11) is 1.36. The number of hydrogen-bond acceptors (Lipinski definition) is 4. The summed E-state index contributed by atoms with van der Waals surface area (Å²) in [5.41, 5.74) is 0.0305. The molecule has 2 N–H and O–H groups in total. The average Bonchev–Trinajstić information content (AvgIpc) is 2.54. The molecule has 1 fully saturated rings. The van der Waals surface area contributed by atoms with E-state index in [-0.39, 0.29) is 41.8 Å². The summed E-state index contributed by atoms with van der Waals surface area (Å²) < 4.78 is 45.0. The molecule has 1 aliphatic heterocycles. The monoisotopic (exact) mass is 401 g/mol. The molecule has 1 amide bonds. The molecule has 1 unspecified atom stereocenters. The minimum atomic E-state index is -4.44. The summed E-state index contributed by atoms with van der Waals surface area (Å²) in [5, 5.41) is 5.46. The highest BCUT2D eigenvalue weighted by Gasteiger charge is 2.44. The van der Waals surface area contributed by atoms with Gasteiger partial charge < -0.3 is 15.4 Å². The second-order valence-corrected chi connectivity index (χ2v) is 5.78. The van der Waals surface area contributed by atoms with E-state index in [0.717, 1.165) is 0 Å². The molecule has 0 bridgehead atoms. The van der Waals surface area contributed by atoms with Crippen LogP contribution in [0.1, 0.15) is 10.4 Å². The zero-order valence-electron chi connectivity index (χ0n) is 13.5. The number of nitrogens with zero attached hydrogens (tertiary/aromatic N) is 1. The molecule has 1 heterocycles. The van der Waals surface area contributed by atoms with Gasteiger partial charge in [-0.1, -0.05) is 17.7 Å². The molecule has 1 aromatic carbocycles. The molecule has 0 aliphatic carbocycles. The molecular formula is C15H20Cl2F3N3O2. The van der Waals surface area contributed by atoms with Crippen molar-refractivity contribution < 1.29 is 22.7 Å². The van der Waals surface area contributed by atoms with Crippen LogP contribution < -0.4 is 15.4 Å². The first-order valence-electron chi connectivity index (χ1n) is 7.46. The lowest BCUT2D eigenvalue weighted by molar-refractivity contribution is -0.183. The van der Waals surface area contributed by atoms with Gasteiger partial charge in [-0.3, -0.25) is 9.69 Å². The van der Waals surface area contributed by atoms with Crippen LogP contribution in [0.2, 0.25) is 5.02 Å². The average molecular weight is 402 g/mol. The maximum Gasteiger partial charge on any atom is 0.405 e. The lowest BCUT2D eigenvalue weighted by atomic mass is 10.1. The lowest BCUT2D eigenvalue weighted by Crippen LogP contribution is -2.57. The minimum Gasteiger partial charge on any atom is -0.496 e. The molecule has 1 aromatic rings. The Bertz CT molecular complexity index is 582. The van der Waals surface area contributed by atoms with Gasteiger partial charge in [0.15, 0.2) is 0 Å². The van der Waals surface area contributed by atoms with Crippen LogP contribution >= 0.6 is 24.0 Å². The van der Waals surface area contributed by atoms with Gasteiger partial charge >= 0.3 is 6.18 Å². The number of halogens is 5. The molecule has 142 valence electrons. The number of alkyl halides is 3. The van der Waals surface area contributed by atoms with Gasteiger partial charge in [0, 0.05) is 32.7 Å². The SMILES string of the molecule is COc1cccc(Cl)c1C(=O)NCC(N1CCNCC1)C(F)(F)F.Cl. The van der Waals surface area contributed by atoms with Crippen molar-refractivity contribution in [2.75, 3.05) is 39.8 Å². The number of carbonyl (C=O) groups excluding carboxylic acids is 1. The summed E-state index contributed by atoms with van der Waals surface area (Å²) in [6, 6.07) is 2.86. The summed E-state index contributed by atoms with van der Waals surface area (Å²) >= 11 is 5.98. The predicted molar refractivity (Wildman–Crippen MR) is 91.9 cm³/mol. The topological polar surface area (TPSA) is 53.6 Å². The molecule has 1 saturated heterocycles. The number of carbonyl (C=O) groups is 1. The van der Waals surface area contributed by atoms with Crippen LogP contribution in [0, 0.1) is 0 Å². The first-order chi connectivity index (χ1) is 11.3. The summed E-state index contributed by atoms with van der Waals surface area (Å²) in [4.78, 5) is 13.6. The Morgan fingerprint density at radius 2 is 2.04 bits per heavy atom. The Kier molecular flexibility index (Phi) is 8.27. The van der Waals surface area contributed by atoms with Crippen LogP contribution in [0.4, 0.5) is 13.2 Å². The molecule has 5 nitrogen and oxygen atoms in total. The van der Waals surface area contributed by atoms with E-state index in [1.807, 2.05) is 0 Å². The fourth-order valence-electron chi connectivity index (χ4n) is 2.62. The first-order valence-corrected chi connectivity index (χ1v) is 7.84. The molecule has 2 rings (SSSR count). The van der Waals surface area contributed by atoms with Crippen molar-refractivity contribution in [2.45, 2.75) is 12.2 Å². The minimum absolute atomic E-state index is 0. The van der Waals surface area contributed by atoms with Crippen molar-refractivity contribution >= 4 is 29.9 Å². The molecule has 0 radical (unpaired) electrons. The summed E-state index contributed by atoms with van der Waals surface area (Å²) in [6.07, 6.45) is -4.44. The molecule has 1 atom stereocenters. The van der Waals surface area contributed by atoms with E-state index in [1.165, 1.54) is 24.1 Å². The number of benzene rings is 1. The zero-order chi connectivity index (χ0) is 17.7. The molecule has 0 aromatic heterocycles. The van der Waals surface area contributed by atoms with Crippen LogP contribution in [0.3, 0.4) is 0 Å². The van der Waals surface area contributed by atoms with Gasteiger partial charge in [0.25, 0.3) is 5.91 Å². The maximum absolute atomic E-state index is 13.3. The van der Waals surface area contributed by atoms with Crippen LogP contribution in [-0.4, -0.2) is 62.9 Å². The Morgan fingerprint density at radius 3 is 2.60 bits per heavy atom. The van der Waals surface area contributed by atoms with Crippen molar-refractivity contribution in [1.82, 2.24) is 15.5 Å². The molecule has 1 aliphatic rings. The van der Waals surface area contributed by atoms with E-state index < -0.39 is 24.7 Å². The maximum atomic E-state index is 13.3. The molecule has 10 heteroatoms. The van der Waals surface area contributed by atoms with E-state index in [2.05, 4.69) is 10.6 Å². The van der Waals surface area contributed by atoms with E-state index in [1.54, 1.807) is 6.07 Å². The van der Waals surface area contributed by atoms with Gasteiger partial charge in [0.1, 0.15) is 11.8 Å². The Morgan fingerprint density at radius 1 is 1.40 bits per heavy atom. The van der Waals surface area contributed by atoms with E-state index in [0.29, 0.717) is 13.1 Å². The van der Waals surface area contributed by atoms with Crippen LogP contribution in [-0.2, 0) is 0 Å². The second kappa shape index (κ2) is 9.47. The van der Waals surface area contributed by atoms with E-state index >= 15 is 0 Å². The first kappa shape index (κ1) is 21.8. The van der Waals surface area contributed by atoms with E-state index in [9.17, 15) is 18.0 Å². The molecule has 0 saturated carbocycles. The smallest absolute Gasteiger partial charge is 0.405 e. The zero-order valence-corrected chi connectivity index (χ0v) is 15.1. The lowest BCUT2D eigenvalue weighted by Gasteiger charge is -2.35. The standard InChI is InChI=1S/C15H19ClF3N3O2.ClH/c1-24-11-4-2-3-10(16)13(11)14(23)21-9-12(15(17,18)19)22-7-5-20-6-8-22;/h2-4,12,20H,5-9H2,1H3,(H,21,23);1H. The normalized spacial score (nSPS) is 16.7. The highest BCUT2D eigenvalue weighted by molar-refractivity contribution is 6.34. The van der Waals surface area contributed by atoms with Gasteiger partial charge in [-0.05, 0) is 12.1 Å². The van der Waals surface area contributed by atoms with Crippen LogP contribution in [0.15, 0.2) is 18.2 Å². The molecule has 25 heavy (non-hydrogen) atoms. The number of methoxy groups -OCH3 is 1. The quantitative estimate of drug-likeness (QED) is 0.794. The predicted octanol–water partition coefficient (Wildman–Crippen LogP) is 2.34. The van der Waals surface area contributed by atoms with Gasteiger partial charge in [-0.25, -0.2) is 0 Å². The number of nitrogens with one attached hydrogen (secondary N) is 2. The summed E-state index contributed by atoms with van der Waals surface area (Å²) in [5.74, 6) is -0.479. The van der Waals surface area contributed by atoms with Gasteiger partial charge in [0.2, 0.25) is 0 Å². The Labute approximate surface area is 155 Å². The van der Waals surface area contributed by atoms with Crippen molar-refractivity contribution in [2.24, 2.45) is 0 Å². The number of hydrogen-bond donors (Lipinski definition) is 2. The second-order valence-electron chi connectivity index (χ2n) is 5.37. The number of amides is 1. The highest BCUT2D eigenvalue weighted by atomic mass is 35.5. The van der Waals surface area contributed by atoms with Crippen molar-refractivity contribution in [1.29, 1.82) is 0 Å². The number of rotatable bonds is 5. The largest absolute Gasteiger partial charge is 0.496 e. The highest BCUT2D eigenvalue weighted by Crippen LogP contribution is 2.27. The van der Waals surface area contributed by atoms with Crippen molar-refractivity contribution in [3.8, 4) is 5.75 Å². The van der Waals surface area contributed by atoms with Gasteiger partial charge in [-0.2, -0.15) is 13.2 Å². The van der Waals surface area contributed by atoms with Crippen molar-refractivity contribution in [3.63, 3.8) is 0 Å². The Hall–Kier alpha value is -1.22. The van der Waals surface area contributed by atoms with Crippen LogP contribution in [0.5, 0.6) is 5.75 Å².